The van der Waals surface area contributed by atoms with Crippen LogP contribution in [0.1, 0.15) is 12.5 Å². The minimum absolute atomic E-state index is 0.280. The second kappa shape index (κ2) is 7.88. The van der Waals surface area contributed by atoms with E-state index in [1.165, 1.54) is 6.20 Å². The van der Waals surface area contributed by atoms with Gasteiger partial charge in [0.05, 0.1) is 42.2 Å². The predicted molar refractivity (Wildman–Crippen MR) is 107 cm³/mol. The Balaban J connectivity index is 1.66. The van der Waals surface area contributed by atoms with Gasteiger partial charge in [0.25, 0.3) is 0 Å². The summed E-state index contributed by atoms with van der Waals surface area (Å²) in [6.45, 7) is 2.99. The molecule has 0 spiro atoms. The van der Waals surface area contributed by atoms with Crippen molar-refractivity contribution < 1.29 is 19.7 Å². The second-order valence-electron chi connectivity index (χ2n) is 6.92. The van der Waals surface area contributed by atoms with Crippen LogP contribution in [0, 0.1) is 11.3 Å². The van der Waals surface area contributed by atoms with Crippen LogP contribution in [-0.2, 0) is 0 Å². The van der Waals surface area contributed by atoms with Crippen molar-refractivity contribution in [1.29, 1.82) is 5.26 Å². The average Bonchev–Trinajstić information content (AvgIpc) is 3.31. The number of nitrogens with one attached hydrogen (secondary N) is 1. The van der Waals surface area contributed by atoms with Gasteiger partial charge in [0.1, 0.15) is 17.6 Å². The summed E-state index contributed by atoms with van der Waals surface area (Å²) in [5.74, 6) is 1.25. The standard InChI is InChI=1S/C20H20N6O4/c1-2-30-14-5-15(19-13(6-21)8-23-26(19)9-14)12-3-4-18(22-7-12)25-10-16(17(27)11-25)24-20(28)29/h3-5,7-9,16-17,24,27H,2,10-11H2,1H3,(H,28,29)/t16-,17+/m0/s1. The summed E-state index contributed by atoms with van der Waals surface area (Å²) in [5.41, 5.74) is 2.66. The number of nitrogens with zero attached hydrogens (tertiary/aromatic N) is 5. The number of anilines is 1. The van der Waals surface area contributed by atoms with Crippen molar-refractivity contribution in [3.63, 3.8) is 0 Å². The second-order valence-corrected chi connectivity index (χ2v) is 6.92. The smallest absolute Gasteiger partial charge is 0.405 e. The van der Waals surface area contributed by atoms with Crippen molar-refractivity contribution >= 4 is 17.4 Å². The minimum Gasteiger partial charge on any atom is -0.492 e. The lowest BCUT2D eigenvalue weighted by atomic mass is 10.1. The molecule has 154 valence electrons. The number of aliphatic hydroxyl groups excluding tert-OH is 1. The van der Waals surface area contributed by atoms with Crippen molar-refractivity contribution in [2.75, 3.05) is 24.6 Å². The van der Waals surface area contributed by atoms with Gasteiger partial charge in [-0.15, -0.1) is 0 Å². The molecule has 2 atom stereocenters. The Kier molecular flexibility index (Phi) is 5.12. The largest absolute Gasteiger partial charge is 0.492 e. The maximum Gasteiger partial charge on any atom is 0.405 e. The summed E-state index contributed by atoms with van der Waals surface area (Å²) in [7, 11) is 0. The van der Waals surface area contributed by atoms with Gasteiger partial charge in [-0.05, 0) is 25.1 Å². The Labute approximate surface area is 171 Å². The first-order chi connectivity index (χ1) is 14.5. The third kappa shape index (κ3) is 3.58. The fraction of sp³-hybridized carbons (Fsp3) is 0.300. The summed E-state index contributed by atoms with van der Waals surface area (Å²) in [6.07, 6.45) is 2.94. The Morgan fingerprint density at radius 1 is 1.40 bits per heavy atom. The molecule has 30 heavy (non-hydrogen) atoms. The average molecular weight is 408 g/mol. The van der Waals surface area contributed by atoms with E-state index >= 15 is 0 Å². The number of fused-ring (bicyclic) bond motifs is 1. The normalized spacial score (nSPS) is 18.4. The predicted octanol–water partition coefficient (Wildman–Crippen LogP) is 1.48. The van der Waals surface area contributed by atoms with Crippen LogP contribution in [0.4, 0.5) is 10.6 Å². The molecule has 4 rings (SSSR count). The monoisotopic (exact) mass is 408 g/mol. The molecule has 3 N–H and O–H groups in total. The van der Waals surface area contributed by atoms with Crippen LogP contribution in [0.5, 0.6) is 5.75 Å². The van der Waals surface area contributed by atoms with Crippen molar-refractivity contribution in [3.05, 3.63) is 42.4 Å². The van der Waals surface area contributed by atoms with Gasteiger partial charge in [0.2, 0.25) is 0 Å². The first kappa shape index (κ1) is 19.5. The summed E-state index contributed by atoms with van der Waals surface area (Å²) in [6, 6.07) is 7.11. The highest BCUT2D eigenvalue weighted by atomic mass is 16.5. The maximum atomic E-state index is 10.9. The van der Waals surface area contributed by atoms with Crippen molar-refractivity contribution in [2.45, 2.75) is 19.1 Å². The first-order valence-electron chi connectivity index (χ1n) is 9.43. The number of carboxylic acid groups (broad SMARTS) is 1. The molecule has 1 saturated heterocycles. The number of carbonyl (C=O) groups is 1. The third-order valence-corrected chi connectivity index (χ3v) is 5.00. The molecule has 4 heterocycles. The molecule has 3 aromatic heterocycles. The van der Waals surface area contributed by atoms with E-state index in [2.05, 4.69) is 21.5 Å². The molecule has 0 aliphatic carbocycles. The van der Waals surface area contributed by atoms with Crippen molar-refractivity contribution in [2.24, 2.45) is 0 Å². The topological polar surface area (TPSA) is 136 Å². The van der Waals surface area contributed by atoms with Gasteiger partial charge < -0.3 is 25.2 Å². The maximum absolute atomic E-state index is 10.9. The highest BCUT2D eigenvalue weighted by Gasteiger charge is 2.33. The number of aromatic nitrogens is 3. The number of nitriles is 1. The molecule has 10 nitrogen and oxygen atoms in total. The van der Waals surface area contributed by atoms with Crippen LogP contribution >= 0.6 is 0 Å². The molecule has 0 radical (unpaired) electrons. The Hall–Kier alpha value is -3.84. The summed E-state index contributed by atoms with van der Waals surface area (Å²) in [5, 5.41) is 35.0. The summed E-state index contributed by atoms with van der Waals surface area (Å²) >= 11 is 0. The van der Waals surface area contributed by atoms with Gasteiger partial charge in [0.15, 0.2) is 0 Å². The number of hydrogen-bond acceptors (Lipinski definition) is 7. The molecule has 0 bridgehead atoms. The van der Waals surface area contributed by atoms with E-state index in [-0.39, 0.29) is 6.54 Å². The first-order valence-corrected chi connectivity index (χ1v) is 9.43. The summed E-state index contributed by atoms with van der Waals surface area (Å²) < 4.78 is 7.24. The Bertz CT molecular complexity index is 1120. The number of aliphatic hydroxyl groups is 1. The van der Waals surface area contributed by atoms with Gasteiger partial charge in [-0.3, -0.25) is 0 Å². The lowest BCUT2D eigenvalue weighted by molar-refractivity contribution is 0.148. The van der Waals surface area contributed by atoms with E-state index in [9.17, 15) is 15.2 Å². The van der Waals surface area contributed by atoms with E-state index in [0.717, 1.165) is 11.1 Å². The van der Waals surface area contributed by atoms with Crippen molar-refractivity contribution in [3.8, 4) is 22.9 Å². The summed E-state index contributed by atoms with van der Waals surface area (Å²) in [4.78, 5) is 17.2. The van der Waals surface area contributed by atoms with E-state index < -0.39 is 18.2 Å². The Morgan fingerprint density at radius 2 is 2.23 bits per heavy atom. The number of hydrogen-bond donors (Lipinski definition) is 3. The van der Waals surface area contributed by atoms with Crippen LogP contribution in [-0.4, -0.2) is 62.7 Å². The van der Waals surface area contributed by atoms with Crippen LogP contribution < -0.4 is 15.0 Å². The van der Waals surface area contributed by atoms with Gasteiger partial charge in [0, 0.05) is 30.4 Å². The molecule has 0 saturated carbocycles. The van der Waals surface area contributed by atoms with Crippen LogP contribution in [0.3, 0.4) is 0 Å². The molecule has 0 unspecified atom stereocenters. The van der Waals surface area contributed by atoms with Crippen molar-refractivity contribution in [1.82, 2.24) is 19.9 Å². The molecular formula is C20H20N6O4. The number of pyridine rings is 2. The number of ether oxygens (including phenoxy) is 1. The zero-order valence-corrected chi connectivity index (χ0v) is 16.2. The fourth-order valence-corrected chi connectivity index (χ4v) is 3.65. The number of rotatable bonds is 5. The molecule has 10 heteroatoms. The lowest BCUT2D eigenvalue weighted by Crippen LogP contribution is -2.42. The SMILES string of the molecule is CCOc1cc(-c2ccc(N3C[C@@H](O)[C@@H](NC(=O)O)C3)nc2)c2c(C#N)cnn2c1. The Morgan fingerprint density at radius 3 is 2.90 bits per heavy atom. The van der Waals surface area contributed by atoms with Crippen LogP contribution in [0.15, 0.2) is 36.8 Å². The highest BCUT2D eigenvalue weighted by Crippen LogP contribution is 2.31. The van der Waals surface area contributed by atoms with E-state index in [0.29, 0.717) is 35.8 Å². The third-order valence-electron chi connectivity index (χ3n) is 5.00. The van der Waals surface area contributed by atoms with E-state index in [4.69, 9.17) is 9.84 Å². The van der Waals surface area contributed by atoms with Gasteiger partial charge in [-0.25, -0.2) is 14.3 Å². The molecule has 3 aromatic rings. The van der Waals surface area contributed by atoms with Gasteiger partial charge >= 0.3 is 6.09 Å². The zero-order valence-electron chi connectivity index (χ0n) is 16.2. The molecular weight excluding hydrogens is 388 g/mol. The van der Waals surface area contributed by atoms with E-state index in [1.54, 1.807) is 23.0 Å². The molecule has 1 aliphatic rings. The quantitative estimate of drug-likeness (QED) is 0.578. The highest BCUT2D eigenvalue weighted by molar-refractivity contribution is 5.85. The molecule has 0 aromatic carbocycles. The van der Waals surface area contributed by atoms with Gasteiger partial charge in [-0.1, -0.05) is 0 Å². The van der Waals surface area contributed by atoms with Gasteiger partial charge in [-0.2, -0.15) is 10.4 Å². The molecule has 1 aliphatic heterocycles. The fourth-order valence-electron chi connectivity index (χ4n) is 3.65. The number of β-amino-alcohol motifs (C(OH)–C–C–N with tert-alkyl or cyclic N) is 1. The minimum atomic E-state index is -1.17. The number of amides is 1. The molecule has 1 amide bonds. The van der Waals surface area contributed by atoms with Crippen LogP contribution in [0.25, 0.3) is 16.6 Å². The zero-order chi connectivity index (χ0) is 21.3. The van der Waals surface area contributed by atoms with Crippen LogP contribution in [0.2, 0.25) is 0 Å². The van der Waals surface area contributed by atoms with E-state index in [1.807, 2.05) is 24.0 Å². The lowest BCUT2D eigenvalue weighted by Gasteiger charge is -2.17. The molecule has 1 fully saturated rings.